The summed E-state index contributed by atoms with van der Waals surface area (Å²) in [6.07, 6.45) is 4.63. The molecule has 7 heteroatoms. The smallest absolute Gasteiger partial charge is 0.238 e. The molecular formula is C22H17ClFNO4. The van der Waals surface area contributed by atoms with E-state index in [1.807, 2.05) is 12.2 Å². The van der Waals surface area contributed by atoms with Crippen LogP contribution in [0.25, 0.3) is 0 Å². The molecule has 0 aromatic heterocycles. The molecule has 4 rings (SSSR count). The summed E-state index contributed by atoms with van der Waals surface area (Å²) >= 11 is 6.06. The molecule has 0 radical (unpaired) electrons. The van der Waals surface area contributed by atoms with Gasteiger partial charge in [0.15, 0.2) is 12.4 Å². The number of hydrogen-bond donors (Lipinski definition) is 0. The summed E-state index contributed by atoms with van der Waals surface area (Å²) in [5.41, 5.74) is 0.258. The van der Waals surface area contributed by atoms with E-state index in [0.717, 1.165) is 11.0 Å². The predicted octanol–water partition coefficient (Wildman–Crippen LogP) is 4.20. The van der Waals surface area contributed by atoms with Gasteiger partial charge in [0.1, 0.15) is 11.6 Å². The van der Waals surface area contributed by atoms with Gasteiger partial charge in [0.2, 0.25) is 11.8 Å². The molecule has 148 valence electrons. The number of nitrogens with zero attached hydrogens (tertiary/aromatic N) is 1. The van der Waals surface area contributed by atoms with Crippen molar-refractivity contribution in [2.75, 3.05) is 11.5 Å². The molecule has 1 aliphatic heterocycles. The average molecular weight is 414 g/mol. The Morgan fingerprint density at radius 1 is 1.07 bits per heavy atom. The van der Waals surface area contributed by atoms with Crippen LogP contribution in [-0.2, 0) is 9.59 Å². The number of carbonyl (C=O) groups excluding carboxylic acids is 3. The molecule has 0 saturated carbocycles. The lowest BCUT2D eigenvalue weighted by Gasteiger charge is -2.18. The molecule has 0 spiro atoms. The van der Waals surface area contributed by atoms with Crippen LogP contribution < -0.4 is 9.64 Å². The minimum Gasteiger partial charge on any atom is -0.484 e. The van der Waals surface area contributed by atoms with Crippen LogP contribution in [0.1, 0.15) is 23.2 Å². The highest BCUT2D eigenvalue weighted by atomic mass is 35.5. The summed E-state index contributed by atoms with van der Waals surface area (Å²) in [6.45, 7) is -0.314. The van der Waals surface area contributed by atoms with Crippen LogP contribution in [0.4, 0.5) is 10.1 Å². The summed E-state index contributed by atoms with van der Waals surface area (Å²) in [5.74, 6) is -2.88. The van der Waals surface area contributed by atoms with E-state index in [4.69, 9.17) is 16.3 Å². The number of Topliss-reactive ketones (excluding diaryl/α,β-unsaturated/α-hetero) is 1. The Morgan fingerprint density at radius 3 is 2.31 bits per heavy atom. The number of amides is 2. The molecule has 5 nitrogen and oxygen atoms in total. The summed E-state index contributed by atoms with van der Waals surface area (Å²) in [4.78, 5) is 38.6. The van der Waals surface area contributed by atoms with E-state index in [1.54, 1.807) is 30.3 Å². The second-order valence-corrected chi connectivity index (χ2v) is 7.39. The fourth-order valence-electron chi connectivity index (χ4n) is 3.69. The van der Waals surface area contributed by atoms with Gasteiger partial charge in [-0.05, 0) is 18.9 Å². The van der Waals surface area contributed by atoms with Crippen molar-refractivity contribution >= 4 is 34.9 Å². The normalized spacial score (nSPS) is 20.7. The first-order valence-corrected chi connectivity index (χ1v) is 9.58. The predicted molar refractivity (Wildman–Crippen MR) is 106 cm³/mol. The van der Waals surface area contributed by atoms with Crippen molar-refractivity contribution in [1.82, 2.24) is 0 Å². The zero-order valence-electron chi connectivity index (χ0n) is 15.3. The van der Waals surface area contributed by atoms with Gasteiger partial charge in [-0.2, -0.15) is 0 Å². The molecule has 1 heterocycles. The summed E-state index contributed by atoms with van der Waals surface area (Å²) in [5, 5.41) is -0.0507. The SMILES string of the molecule is O=C(COc1cc(N2C(=O)C3CC=CCC3C2=O)c(F)cc1Cl)c1ccccc1. The molecule has 0 bridgehead atoms. The van der Waals surface area contributed by atoms with Crippen LogP contribution in [0.3, 0.4) is 0 Å². The number of ketones is 1. The Balaban J connectivity index is 1.59. The maximum atomic E-state index is 14.6. The third kappa shape index (κ3) is 3.56. The standard InChI is InChI=1S/C22H17ClFNO4/c23-16-10-17(24)18(25-21(27)14-8-4-5-9-15(14)22(25)28)11-20(16)29-12-19(26)13-6-2-1-3-7-13/h1-7,10-11,14-15H,8-9,12H2. The fraction of sp³-hybridized carbons (Fsp3) is 0.227. The second-order valence-electron chi connectivity index (χ2n) is 6.98. The minimum absolute atomic E-state index is 0.0287. The highest BCUT2D eigenvalue weighted by Gasteiger charge is 2.48. The molecular weight excluding hydrogens is 397 g/mol. The maximum absolute atomic E-state index is 14.6. The molecule has 2 atom stereocenters. The van der Waals surface area contributed by atoms with Crippen molar-refractivity contribution in [1.29, 1.82) is 0 Å². The van der Waals surface area contributed by atoms with Gasteiger partial charge >= 0.3 is 0 Å². The zero-order valence-corrected chi connectivity index (χ0v) is 16.1. The lowest BCUT2D eigenvalue weighted by atomic mass is 9.85. The first-order chi connectivity index (χ1) is 14.0. The summed E-state index contributed by atoms with van der Waals surface area (Å²) < 4.78 is 20.1. The van der Waals surface area contributed by atoms with Crippen molar-refractivity contribution in [3.63, 3.8) is 0 Å². The average Bonchev–Trinajstić information content (AvgIpc) is 2.99. The van der Waals surface area contributed by atoms with Crippen LogP contribution in [-0.4, -0.2) is 24.2 Å². The maximum Gasteiger partial charge on any atom is 0.238 e. The minimum atomic E-state index is -0.801. The van der Waals surface area contributed by atoms with Crippen molar-refractivity contribution in [3.8, 4) is 5.75 Å². The number of ether oxygens (including phenoxy) is 1. The third-order valence-corrected chi connectivity index (χ3v) is 5.50. The van der Waals surface area contributed by atoms with Crippen molar-refractivity contribution in [2.45, 2.75) is 12.8 Å². The molecule has 1 saturated heterocycles. The molecule has 1 fully saturated rings. The van der Waals surface area contributed by atoms with Crippen molar-refractivity contribution < 1.29 is 23.5 Å². The largest absolute Gasteiger partial charge is 0.484 e. The van der Waals surface area contributed by atoms with E-state index in [0.29, 0.717) is 18.4 Å². The van der Waals surface area contributed by atoms with Gasteiger partial charge in [-0.25, -0.2) is 9.29 Å². The van der Waals surface area contributed by atoms with E-state index >= 15 is 0 Å². The van der Waals surface area contributed by atoms with Crippen LogP contribution in [0, 0.1) is 17.7 Å². The molecule has 29 heavy (non-hydrogen) atoms. The van der Waals surface area contributed by atoms with E-state index in [9.17, 15) is 18.8 Å². The van der Waals surface area contributed by atoms with Crippen molar-refractivity contribution in [3.05, 3.63) is 71.0 Å². The third-order valence-electron chi connectivity index (χ3n) is 5.20. The van der Waals surface area contributed by atoms with Crippen LogP contribution in [0.2, 0.25) is 5.02 Å². The number of rotatable bonds is 5. The highest BCUT2D eigenvalue weighted by molar-refractivity contribution is 6.32. The highest BCUT2D eigenvalue weighted by Crippen LogP contribution is 2.41. The Bertz CT molecular complexity index is 995. The van der Waals surface area contributed by atoms with E-state index in [-0.39, 0.29) is 28.8 Å². The topological polar surface area (TPSA) is 63.7 Å². The van der Waals surface area contributed by atoms with Gasteiger partial charge in [0.25, 0.3) is 0 Å². The number of carbonyl (C=O) groups is 3. The fourth-order valence-corrected chi connectivity index (χ4v) is 3.89. The van der Waals surface area contributed by atoms with Crippen LogP contribution in [0.15, 0.2) is 54.6 Å². The molecule has 2 amide bonds. The molecule has 2 aliphatic rings. The Kier molecular flexibility index (Phi) is 5.20. The number of benzene rings is 2. The number of anilines is 1. The van der Waals surface area contributed by atoms with Gasteiger partial charge in [-0.15, -0.1) is 0 Å². The van der Waals surface area contributed by atoms with Gasteiger partial charge < -0.3 is 4.74 Å². The number of imide groups is 1. The quantitative estimate of drug-likeness (QED) is 0.418. The van der Waals surface area contributed by atoms with Gasteiger partial charge in [0.05, 0.1) is 22.5 Å². The van der Waals surface area contributed by atoms with Gasteiger partial charge in [0, 0.05) is 11.6 Å². The van der Waals surface area contributed by atoms with Crippen LogP contribution in [0.5, 0.6) is 5.75 Å². The summed E-state index contributed by atoms with van der Waals surface area (Å²) in [7, 11) is 0. The first-order valence-electron chi connectivity index (χ1n) is 9.20. The Hall–Kier alpha value is -2.99. The van der Waals surface area contributed by atoms with Crippen molar-refractivity contribution in [2.24, 2.45) is 11.8 Å². The lowest BCUT2D eigenvalue weighted by molar-refractivity contribution is -0.122. The molecule has 1 aliphatic carbocycles. The van der Waals surface area contributed by atoms with Crippen LogP contribution >= 0.6 is 11.6 Å². The number of fused-ring (bicyclic) bond motifs is 1. The van der Waals surface area contributed by atoms with Gasteiger partial charge in [-0.1, -0.05) is 54.1 Å². The van der Waals surface area contributed by atoms with Gasteiger partial charge in [-0.3, -0.25) is 14.4 Å². The zero-order chi connectivity index (χ0) is 20.5. The molecule has 2 aromatic rings. The molecule has 2 aromatic carbocycles. The second kappa shape index (κ2) is 7.79. The number of allylic oxidation sites excluding steroid dienone is 2. The van der Waals surface area contributed by atoms with E-state index in [1.165, 1.54) is 6.07 Å². The molecule has 0 N–H and O–H groups in total. The van der Waals surface area contributed by atoms with E-state index < -0.39 is 29.5 Å². The summed E-state index contributed by atoms with van der Waals surface area (Å²) in [6, 6.07) is 10.8. The Labute approximate surface area is 171 Å². The first kappa shape index (κ1) is 19.3. The number of halogens is 2. The molecule has 2 unspecified atom stereocenters. The monoisotopic (exact) mass is 413 g/mol. The lowest BCUT2D eigenvalue weighted by Crippen LogP contribution is -2.31. The van der Waals surface area contributed by atoms with E-state index in [2.05, 4.69) is 0 Å². The number of hydrogen-bond acceptors (Lipinski definition) is 4. The Morgan fingerprint density at radius 2 is 1.69 bits per heavy atom.